The fourth-order valence-electron chi connectivity index (χ4n) is 3.51. The molecule has 8 heteroatoms. The highest BCUT2D eigenvalue weighted by Crippen LogP contribution is 2.20. The number of hydrogen-bond donors (Lipinski definition) is 2. The number of ether oxygens (including phenoxy) is 1. The van der Waals surface area contributed by atoms with Gasteiger partial charge in [-0.1, -0.05) is 0 Å². The highest BCUT2D eigenvalue weighted by atomic mass is 16.5. The molecular weight excluding hydrogens is 342 g/mol. The van der Waals surface area contributed by atoms with Gasteiger partial charge in [-0.15, -0.1) is 0 Å². The molecule has 2 aliphatic rings. The summed E-state index contributed by atoms with van der Waals surface area (Å²) in [5, 5.41) is 6.74. The standard InChI is InChI=1S/C19H27N7O/c1-27-18-14-16(23-19(24-18)26-10-6-21-7-11-26)12-15-2-3-22-17(13-15)25-8-4-20-5-9-25/h2-3,13-14,20-21H,4-12H2,1H3. The molecule has 0 saturated carbocycles. The first-order valence-electron chi connectivity index (χ1n) is 9.60. The molecule has 0 spiro atoms. The van der Waals surface area contributed by atoms with Crippen LogP contribution in [0.1, 0.15) is 11.3 Å². The molecule has 0 unspecified atom stereocenters. The quantitative estimate of drug-likeness (QED) is 0.779. The van der Waals surface area contributed by atoms with Crippen molar-refractivity contribution < 1.29 is 4.74 Å². The van der Waals surface area contributed by atoms with Gasteiger partial charge in [0.25, 0.3) is 0 Å². The molecule has 144 valence electrons. The van der Waals surface area contributed by atoms with Gasteiger partial charge in [-0.3, -0.25) is 0 Å². The summed E-state index contributed by atoms with van der Waals surface area (Å²) >= 11 is 0. The molecule has 2 aromatic rings. The van der Waals surface area contributed by atoms with Gasteiger partial charge in [0.15, 0.2) is 0 Å². The van der Waals surface area contributed by atoms with Gasteiger partial charge in [0.2, 0.25) is 11.8 Å². The van der Waals surface area contributed by atoms with E-state index < -0.39 is 0 Å². The summed E-state index contributed by atoms with van der Waals surface area (Å²) in [6.07, 6.45) is 2.63. The molecule has 8 nitrogen and oxygen atoms in total. The molecule has 2 N–H and O–H groups in total. The third-order valence-electron chi connectivity index (χ3n) is 4.99. The third kappa shape index (κ3) is 4.45. The van der Waals surface area contributed by atoms with Crippen LogP contribution in [-0.4, -0.2) is 74.4 Å². The summed E-state index contributed by atoms with van der Waals surface area (Å²) in [5.41, 5.74) is 2.17. The van der Waals surface area contributed by atoms with Gasteiger partial charge in [0.05, 0.1) is 12.8 Å². The number of anilines is 2. The van der Waals surface area contributed by atoms with Crippen LogP contribution in [0.25, 0.3) is 0 Å². The maximum atomic E-state index is 5.42. The van der Waals surface area contributed by atoms with Crippen molar-refractivity contribution >= 4 is 11.8 Å². The average Bonchev–Trinajstić information content (AvgIpc) is 2.75. The molecule has 27 heavy (non-hydrogen) atoms. The van der Waals surface area contributed by atoms with Crippen LogP contribution in [-0.2, 0) is 6.42 Å². The molecule has 2 fully saturated rings. The molecule has 0 bridgehead atoms. The van der Waals surface area contributed by atoms with E-state index in [0.717, 1.165) is 76.2 Å². The van der Waals surface area contributed by atoms with Crippen LogP contribution in [0.5, 0.6) is 5.88 Å². The number of methoxy groups -OCH3 is 1. The molecule has 0 aliphatic carbocycles. The summed E-state index contributed by atoms with van der Waals surface area (Å²) in [7, 11) is 1.66. The number of nitrogens with one attached hydrogen (secondary N) is 2. The van der Waals surface area contributed by atoms with Crippen LogP contribution in [0.15, 0.2) is 24.4 Å². The Kier molecular flexibility index (Phi) is 5.64. The highest BCUT2D eigenvalue weighted by molar-refractivity contribution is 5.43. The molecule has 0 radical (unpaired) electrons. The lowest BCUT2D eigenvalue weighted by atomic mass is 10.1. The van der Waals surface area contributed by atoms with E-state index in [9.17, 15) is 0 Å². The van der Waals surface area contributed by atoms with E-state index in [2.05, 4.69) is 42.5 Å². The zero-order valence-corrected chi connectivity index (χ0v) is 15.8. The SMILES string of the molecule is COc1cc(Cc2ccnc(N3CCNCC3)c2)nc(N2CCNCC2)n1. The van der Waals surface area contributed by atoms with Crippen molar-refractivity contribution in [3.63, 3.8) is 0 Å². The molecule has 4 rings (SSSR count). The lowest BCUT2D eigenvalue weighted by molar-refractivity contribution is 0.395. The van der Waals surface area contributed by atoms with Crippen molar-refractivity contribution in [1.82, 2.24) is 25.6 Å². The summed E-state index contributed by atoms with van der Waals surface area (Å²) in [6.45, 7) is 7.72. The Morgan fingerprint density at radius 2 is 1.67 bits per heavy atom. The molecule has 2 aliphatic heterocycles. The molecule has 0 amide bonds. The number of hydrogen-bond acceptors (Lipinski definition) is 8. The maximum absolute atomic E-state index is 5.42. The van der Waals surface area contributed by atoms with Crippen LogP contribution < -0.4 is 25.2 Å². The van der Waals surface area contributed by atoms with Crippen molar-refractivity contribution in [2.75, 3.05) is 69.3 Å². The van der Waals surface area contributed by atoms with Crippen LogP contribution in [0.3, 0.4) is 0 Å². The number of nitrogens with zero attached hydrogens (tertiary/aromatic N) is 5. The second kappa shape index (κ2) is 8.49. The highest BCUT2D eigenvalue weighted by Gasteiger charge is 2.16. The van der Waals surface area contributed by atoms with Gasteiger partial charge in [0, 0.05) is 71.0 Å². The van der Waals surface area contributed by atoms with E-state index in [1.165, 1.54) is 5.56 Å². The minimum atomic E-state index is 0.616. The third-order valence-corrected chi connectivity index (χ3v) is 4.99. The van der Waals surface area contributed by atoms with E-state index in [4.69, 9.17) is 9.72 Å². The van der Waals surface area contributed by atoms with Gasteiger partial charge < -0.3 is 25.2 Å². The molecule has 0 atom stereocenters. The van der Waals surface area contributed by atoms with E-state index in [-0.39, 0.29) is 0 Å². The molecule has 4 heterocycles. The van der Waals surface area contributed by atoms with Crippen LogP contribution in [0, 0.1) is 0 Å². The fraction of sp³-hybridized carbons (Fsp3) is 0.526. The van der Waals surface area contributed by atoms with Crippen molar-refractivity contribution in [3.05, 3.63) is 35.7 Å². The topological polar surface area (TPSA) is 78.4 Å². The molecule has 0 aromatic carbocycles. The first-order chi connectivity index (χ1) is 13.3. The predicted octanol–water partition coefficient (Wildman–Crippen LogP) is 0.290. The second-order valence-corrected chi connectivity index (χ2v) is 6.87. The Balaban J connectivity index is 1.54. The van der Waals surface area contributed by atoms with Crippen LogP contribution in [0.2, 0.25) is 0 Å². The van der Waals surface area contributed by atoms with Crippen molar-refractivity contribution in [2.45, 2.75) is 6.42 Å². The zero-order valence-electron chi connectivity index (χ0n) is 15.8. The maximum Gasteiger partial charge on any atom is 0.228 e. The first-order valence-corrected chi connectivity index (χ1v) is 9.60. The normalized spacial score (nSPS) is 17.8. The lowest BCUT2D eigenvalue weighted by Crippen LogP contribution is -2.44. The van der Waals surface area contributed by atoms with E-state index >= 15 is 0 Å². The number of pyridine rings is 1. The van der Waals surface area contributed by atoms with E-state index in [1.807, 2.05) is 12.3 Å². The zero-order chi connectivity index (χ0) is 18.5. The summed E-state index contributed by atoms with van der Waals surface area (Å²) in [4.78, 5) is 18.4. The number of rotatable bonds is 5. The Hall–Kier alpha value is -2.45. The van der Waals surface area contributed by atoms with Gasteiger partial charge in [0.1, 0.15) is 5.82 Å². The lowest BCUT2D eigenvalue weighted by Gasteiger charge is -2.28. The van der Waals surface area contributed by atoms with Gasteiger partial charge in [-0.05, 0) is 17.7 Å². The van der Waals surface area contributed by atoms with Crippen molar-refractivity contribution in [3.8, 4) is 5.88 Å². The minimum absolute atomic E-state index is 0.616. The van der Waals surface area contributed by atoms with Gasteiger partial charge >= 0.3 is 0 Å². The number of piperazine rings is 2. The Morgan fingerprint density at radius 1 is 0.963 bits per heavy atom. The molecule has 2 aromatic heterocycles. The summed E-state index contributed by atoms with van der Waals surface area (Å²) in [6, 6.07) is 6.16. The number of aromatic nitrogens is 3. The largest absolute Gasteiger partial charge is 0.481 e. The summed E-state index contributed by atoms with van der Waals surface area (Å²) in [5.74, 6) is 2.41. The second-order valence-electron chi connectivity index (χ2n) is 6.87. The predicted molar refractivity (Wildman–Crippen MR) is 106 cm³/mol. The smallest absolute Gasteiger partial charge is 0.228 e. The minimum Gasteiger partial charge on any atom is -0.481 e. The molecule has 2 saturated heterocycles. The average molecular weight is 369 g/mol. The molecular formula is C19H27N7O. The van der Waals surface area contributed by atoms with E-state index in [0.29, 0.717) is 5.88 Å². The van der Waals surface area contributed by atoms with Gasteiger partial charge in [-0.2, -0.15) is 4.98 Å². The fourth-order valence-corrected chi connectivity index (χ4v) is 3.51. The van der Waals surface area contributed by atoms with Crippen LogP contribution in [0.4, 0.5) is 11.8 Å². The Morgan fingerprint density at radius 3 is 2.37 bits per heavy atom. The van der Waals surface area contributed by atoms with Crippen LogP contribution >= 0.6 is 0 Å². The Bertz CT molecular complexity index is 757. The van der Waals surface area contributed by atoms with E-state index in [1.54, 1.807) is 7.11 Å². The van der Waals surface area contributed by atoms with Gasteiger partial charge in [-0.25, -0.2) is 9.97 Å². The summed E-state index contributed by atoms with van der Waals surface area (Å²) < 4.78 is 5.42. The van der Waals surface area contributed by atoms with Crippen molar-refractivity contribution in [1.29, 1.82) is 0 Å². The first kappa shape index (κ1) is 17.9. The monoisotopic (exact) mass is 369 g/mol. The van der Waals surface area contributed by atoms with Crippen molar-refractivity contribution in [2.24, 2.45) is 0 Å². The Labute approximate surface area is 160 Å².